The molecule has 0 bridgehead atoms. The van der Waals surface area contributed by atoms with Gasteiger partial charge >= 0.3 is 0 Å². The molecule has 0 aliphatic carbocycles. The van der Waals surface area contributed by atoms with Crippen LogP contribution < -0.4 is 5.32 Å². The van der Waals surface area contributed by atoms with E-state index in [1.165, 1.54) is 6.42 Å². The third-order valence-corrected chi connectivity index (χ3v) is 4.16. The van der Waals surface area contributed by atoms with Crippen molar-refractivity contribution in [2.24, 2.45) is 5.92 Å². The molecule has 0 aromatic carbocycles. The van der Waals surface area contributed by atoms with E-state index in [-0.39, 0.29) is 5.91 Å². The van der Waals surface area contributed by atoms with Gasteiger partial charge in [-0.2, -0.15) is 0 Å². The molecule has 1 fully saturated rings. The van der Waals surface area contributed by atoms with Gasteiger partial charge in [0.15, 0.2) is 6.29 Å². The highest BCUT2D eigenvalue weighted by molar-refractivity contribution is 5.76. The monoisotopic (exact) mass is 333 g/mol. The van der Waals surface area contributed by atoms with Crippen molar-refractivity contribution >= 4 is 5.91 Å². The zero-order valence-corrected chi connectivity index (χ0v) is 14.0. The van der Waals surface area contributed by atoms with Crippen LogP contribution in [0.25, 0.3) is 0 Å². The van der Waals surface area contributed by atoms with Gasteiger partial charge in [0.25, 0.3) is 0 Å². The Morgan fingerprint density at radius 1 is 1.09 bits per heavy atom. The molecule has 5 N–H and O–H groups in total. The first-order valence-electron chi connectivity index (χ1n) is 8.46. The number of ether oxygens (including phenoxy) is 1. The first-order chi connectivity index (χ1) is 10.9. The maximum absolute atomic E-state index is 11.9. The summed E-state index contributed by atoms with van der Waals surface area (Å²) in [6.45, 7) is 3.85. The fraction of sp³-hybridized carbons (Fsp3) is 0.938. The Morgan fingerprint density at radius 2 is 1.74 bits per heavy atom. The van der Waals surface area contributed by atoms with Gasteiger partial charge in [0.1, 0.15) is 24.4 Å². The molecule has 7 nitrogen and oxygen atoms in total. The number of unbranched alkanes of at least 4 members (excludes halogenated alkanes) is 3. The Morgan fingerprint density at radius 3 is 2.35 bits per heavy atom. The predicted octanol–water partition coefficient (Wildman–Crippen LogP) is -0.101. The number of hydrogen-bond acceptors (Lipinski definition) is 6. The standard InChI is InChI=1S/C16H31NO6/c1-10(2)7-5-3-4-6-8-12(19)17-13-15(21)14(20)11(9-18)23-16(13)22/h10-11,13-16,18,20-22H,3-9H2,1-2H3,(H,17,19)/t11-,13-,14-,15-,16-/m1/s1. The fourth-order valence-electron chi connectivity index (χ4n) is 2.70. The van der Waals surface area contributed by atoms with E-state index < -0.39 is 37.3 Å². The number of carbonyl (C=O) groups excluding carboxylic acids is 1. The van der Waals surface area contributed by atoms with Gasteiger partial charge in [0.05, 0.1) is 6.61 Å². The summed E-state index contributed by atoms with van der Waals surface area (Å²) in [5.41, 5.74) is 0. The second-order valence-corrected chi connectivity index (χ2v) is 6.67. The number of aliphatic hydroxyl groups excluding tert-OH is 4. The smallest absolute Gasteiger partial charge is 0.220 e. The second-order valence-electron chi connectivity index (χ2n) is 6.67. The fourth-order valence-corrected chi connectivity index (χ4v) is 2.70. The van der Waals surface area contributed by atoms with Gasteiger partial charge < -0.3 is 30.5 Å². The number of aliphatic hydroxyl groups is 4. The molecule has 0 spiro atoms. The predicted molar refractivity (Wildman–Crippen MR) is 84.4 cm³/mol. The molecule has 136 valence electrons. The van der Waals surface area contributed by atoms with E-state index in [0.717, 1.165) is 25.7 Å². The summed E-state index contributed by atoms with van der Waals surface area (Å²) in [5.74, 6) is 0.400. The normalized spacial score (nSPS) is 31.3. The van der Waals surface area contributed by atoms with E-state index in [1.54, 1.807) is 0 Å². The summed E-state index contributed by atoms with van der Waals surface area (Å²) in [4.78, 5) is 11.9. The Balaban J connectivity index is 2.28. The zero-order valence-electron chi connectivity index (χ0n) is 14.0. The van der Waals surface area contributed by atoms with Crippen molar-refractivity contribution in [1.82, 2.24) is 5.32 Å². The average molecular weight is 333 g/mol. The number of rotatable bonds is 9. The highest BCUT2D eigenvalue weighted by Crippen LogP contribution is 2.20. The van der Waals surface area contributed by atoms with Gasteiger partial charge in [0, 0.05) is 6.42 Å². The van der Waals surface area contributed by atoms with Crippen LogP contribution in [-0.2, 0) is 9.53 Å². The second kappa shape index (κ2) is 10.2. The van der Waals surface area contributed by atoms with Gasteiger partial charge in [-0.05, 0) is 12.3 Å². The van der Waals surface area contributed by atoms with Gasteiger partial charge in [-0.1, -0.05) is 39.5 Å². The molecule has 0 aromatic heterocycles. The van der Waals surface area contributed by atoms with Gasteiger partial charge in [-0.15, -0.1) is 0 Å². The van der Waals surface area contributed by atoms with Crippen LogP contribution in [0.3, 0.4) is 0 Å². The zero-order chi connectivity index (χ0) is 17.4. The molecule has 5 atom stereocenters. The quantitative estimate of drug-likeness (QED) is 0.376. The van der Waals surface area contributed by atoms with Crippen molar-refractivity contribution < 1.29 is 30.0 Å². The number of carbonyl (C=O) groups is 1. The van der Waals surface area contributed by atoms with Crippen molar-refractivity contribution in [3.05, 3.63) is 0 Å². The van der Waals surface area contributed by atoms with Crippen LogP contribution in [0.2, 0.25) is 0 Å². The van der Waals surface area contributed by atoms with E-state index in [9.17, 15) is 20.1 Å². The third-order valence-electron chi connectivity index (χ3n) is 4.16. The molecule has 7 heteroatoms. The molecule has 23 heavy (non-hydrogen) atoms. The highest BCUT2D eigenvalue weighted by atomic mass is 16.6. The minimum Gasteiger partial charge on any atom is -0.394 e. The number of nitrogens with one attached hydrogen (secondary N) is 1. The average Bonchev–Trinajstić information content (AvgIpc) is 2.50. The van der Waals surface area contributed by atoms with E-state index in [1.807, 2.05) is 0 Å². The minimum absolute atomic E-state index is 0.296. The molecule has 1 amide bonds. The summed E-state index contributed by atoms with van der Waals surface area (Å²) < 4.78 is 4.99. The van der Waals surface area contributed by atoms with Gasteiger partial charge in [-0.3, -0.25) is 4.79 Å². The van der Waals surface area contributed by atoms with Crippen molar-refractivity contribution in [1.29, 1.82) is 0 Å². The molecular weight excluding hydrogens is 302 g/mol. The minimum atomic E-state index is -1.46. The first-order valence-corrected chi connectivity index (χ1v) is 8.46. The van der Waals surface area contributed by atoms with Crippen molar-refractivity contribution in [3.63, 3.8) is 0 Å². The lowest BCUT2D eigenvalue weighted by molar-refractivity contribution is -0.253. The molecule has 1 heterocycles. The Labute approximate surface area is 137 Å². The lowest BCUT2D eigenvalue weighted by Crippen LogP contribution is -2.64. The van der Waals surface area contributed by atoms with Crippen molar-refractivity contribution in [2.75, 3.05) is 6.61 Å². The van der Waals surface area contributed by atoms with E-state index in [2.05, 4.69) is 19.2 Å². The molecule has 1 rings (SSSR count). The van der Waals surface area contributed by atoms with Gasteiger partial charge in [0.2, 0.25) is 5.91 Å². The van der Waals surface area contributed by atoms with Crippen LogP contribution in [0.15, 0.2) is 0 Å². The molecule has 0 unspecified atom stereocenters. The van der Waals surface area contributed by atoms with E-state index in [4.69, 9.17) is 9.84 Å². The molecular formula is C16H31NO6. The molecule has 1 aliphatic heterocycles. The maximum Gasteiger partial charge on any atom is 0.220 e. The summed E-state index contributed by atoms with van der Waals surface area (Å²) >= 11 is 0. The Kier molecular flexibility index (Phi) is 9.01. The van der Waals surface area contributed by atoms with Crippen LogP contribution in [0.4, 0.5) is 0 Å². The lowest BCUT2D eigenvalue weighted by Gasteiger charge is -2.40. The highest BCUT2D eigenvalue weighted by Gasteiger charge is 2.44. The van der Waals surface area contributed by atoms with Crippen LogP contribution in [0, 0.1) is 5.92 Å². The van der Waals surface area contributed by atoms with Crippen LogP contribution >= 0.6 is 0 Å². The van der Waals surface area contributed by atoms with Crippen LogP contribution in [-0.4, -0.2) is 63.6 Å². The lowest BCUT2D eigenvalue weighted by atomic mass is 9.97. The van der Waals surface area contributed by atoms with Crippen molar-refractivity contribution in [3.8, 4) is 0 Å². The molecule has 0 aromatic rings. The first kappa shape index (κ1) is 20.3. The Hall–Kier alpha value is -0.730. The summed E-state index contributed by atoms with van der Waals surface area (Å²) in [6.07, 6.45) is 0.172. The SMILES string of the molecule is CC(C)CCCCCCC(=O)N[C@@H]1[C@@H](O)[C@H](O)[C@@H](CO)O[C@H]1O. The summed E-state index contributed by atoms with van der Waals surface area (Å²) in [7, 11) is 0. The summed E-state index contributed by atoms with van der Waals surface area (Å²) in [5, 5.41) is 41.0. The molecule has 1 saturated heterocycles. The number of hydrogen-bond donors (Lipinski definition) is 5. The van der Waals surface area contributed by atoms with Crippen molar-refractivity contribution in [2.45, 2.75) is 83.0 Å². The Bertz CT molecular complexity index is 351. The van der Waals surface area contributed by atoms with Crippen LogP contribution in [0.5, 0.6) is 0 Å². The third kappa shape index (κ3) is 6.73. The van der Waals surface area contributed by atoms with Crippen LogP contribution in [0.1, 0.15) is 52.4 Å². The van der Waals surface area contributed by atoms with E-state index in [0.29, 0.717) is 12.3 Å². The summed E-state index contributed by atoms with van der Waals surface area (Å²) in [6, 6.07) is -1.10. The molecule has 0 radical (unpaired) electrons. The molecule has 0 saturated carbocycles. The topological polar surface area (TPSA) is 119 Å². The van der Waals surface area contributed by atoms with E-state index >= 15 is 0 Å². The molecule has 1 aliphatic rings. The number of amides is 1. The maximum atomic E-state index is 11.9. The van der Waals surface area contributed by atoms with Gasteiger partial charge in [-0.25, -0.2) is 0 Å². The largest absolute Gasteiger partial charge is 0.394 e.